The predicted octanol–water partition coefficient (Wildman–Crippen LogP) is 3.56. The van der Waals surface area contributed by atoms with E-state index in [4.69, 9.17) is 0 Å². The Morgan fingerprint density at radius 3 is 2.41 bits per heavy atom. The van der Waals surface area contributed by atoms with Crippen LogP contribution in [0.4, 0.5) is 0 Å². The van der Waals surface area contributed by atoms with E-state index in [9.17, 15) is 0 Å². The molecule has 1 aromatic rings. The number of hydrogen-bond donors (Lipinski definition) is 0. The van der Waals surface area contributed by atoms with Crippen LogP contribution in [0, 0.1) is 5.41 Å². The summed E-state index contributed by atoms with van der Waals surface area (Å²) in [5.41, 5.74) is 3.67. The van der Waals surface area contributed by atoms with Crippen molar-refractivity contribution in [2.24, 2.45) is 5.41 Å². The lowest BCUT2D eigenvalue weighted by molar-refractivity contribution is 0.163. The molecule has 0 amide bonds. The van der Waals surface area contributed by atoms with E-state index in [1.165, 1.54) is 32.2 Å². The maximum Gasteiger partial charge on any atom is 0.00351 e. The third kappa shape index (κ3) is 3.23. The molecule has 0 aromatic heterocycles. The molecule has 1 nitrogen and oxygen atoms in total. The second-order valence-corrected chi connectivity index (χ2v) is 5.54. The van der Waals surface area contributed by atoms with E-state index in [-0.39, 0.29) is 12.4 Å². The van der Waals surface area contributed by atoms with Crippen LogP contribution >= 0.6 is 12.4 Å². The predicted molar refractivity (Wildman–Crippen MR) is 77.0 cm³/mol. The molecule has 0 fully saturated rings. The maximum atomic E-state index is 2.34. The molecule has 0 bridgehead atoms. The summed E-state index contributed by atoms with van der Waals surface area (Å²) >= 11 is 0. The van der Waals surface area contributed by atoms with Crippen LogP contribution in [0.3, 0.4) is 0 Å². The van der Waals surface area contributed by atoms with E-state index < -0.39 is 0 Å². The smallest absolute Gasteiger partial charge is 0.00351 e. The molecular weight excluding hydrogens is 230 g/mol. The molecule has 1 unspecified atom stereocenters. The zero-order valence-electron chi connectivity index (χ0n) is 11.2. The summed E-state index contributed by atoms with van der Waals surface area (Å²) in [5, 5.41) is 0. The van der Waals surface area contributed by atoms with Gasteiger partial charge in [-0.3, -0.25) is 0 Å². The normalized spacial score (nSPS) is 23.1. The Morgan fingerprint density at radius 1 is 1.18 bits per heavy atom. The Balaban J connectivity index is 0.00000144. The van der Waals surface area contributed by atoms with Gasteiger partial charge >= 0.3 is 0 Å². The van der Waals surface area contributed by atoms with Crippen LogP contribution in [-0.2, 0) is 12.8 Å². The first-order valence-electron chi connectivity index (χ1n) is 6.37. The maximum absolute atomic E-state index is 2.34. The van der Waals surface area contributed by atoms with Crippen LogP contribution in [0.5, 0.6) is 0 Å². The average molecular weight is 254 g/mol. The quantitative estimate of drug-likeness (QED) is 0.796. The molecule has 0 radical (unpaired) electrons. The molecule has 2 heteroatoms. The average Bonchev–Trinajstić information content (AvgIpc) is 2.28. The van der Waals surface area contributed by atoms with Gasteiger partial charge in [0.1, 0.15) is 0 Å². The molecule has 17 heavy (non-hydrogen) atoms. The third-order valence-corrected chi connectivity index (χ3v) is 4.01. The van der Waals surface area contributed by atoms with Gasteiger partial charge in [-0.05, 0) is 56.3 Å². The summed E-state index contributed by atoms with van der Waals surface area (Å²) in [4.78, 5) is 2.34. The highest BCUT2D eigenvalue weighted by Crippen LogP contribution is 2.38. The number of nitrogens with zero attached hydrogens (tertiary/aromatic N) is 1. The molecule has 1 aliphatic rings. The summed E-state index contributed by atoms with van der Waals surface area (Å²) in [6.45, 7) is 3.56. The molecule has 0 N–H and O–H groups in total. The van der Waals surface area contributed by atoms with E-state index in [0.29, 0.717) is 5.41 Å². The number of fused-ring (bicyclic) bond motifs is 1. The van der Waals surface area contributed by atoms with Crippen molar-refractivity contribution in [3.05, 3.63) is 35.4 Å². The van der Waals surface area contributed by atoms with Crippen molar-refractivity contribution in [1.82, 2.24) is 4.90 Å². The Morgan fingerprint density at radius 2 is 1.82 bits per heavy atom. The first kappa shape index (κ1) is 14.5. The number of halogens is 1. The fourth-order valence-corrected chi connectivity index (χ4v) is 3.09. The van der Waals surface area contributed by atoms with E-state index in [1.807, 2.05) is 0 Å². The largest absolute Gasteiger partial charge is 0.309 e. The summed E-state index contributed by atoms with van der Waals surface area (Å²) in [7, 11) is 4.38. The van der Waals surface area contributed by atoms with Crippen LogP contribution in [0.2, 0.25) is 0 Å². The lowest BCUT2D eigenvalue weighted by Gasteiger charge is -2.39. The van der Waals surface area contributed by atoms with Crippen molar-refractivity contribution in [3.8, 4) is 0 Å². The molecule has 96 valence electrons. The van der Waals surface area contributed by atoms with Gasteiger partial charge in [-0.1, -0.05) is 31.2 Å². The van der Waals surface area contributed by atoms with Crippen molar-refractivity contribution in [1.29, 1.82) is 0 Å². The van der Waals surface area contributed by atoms with Crippen molar-refractivity contribution in [2.45, 2.75) is 32.6 Å². The molecule has 1 atom stereocenters. The SMILES string of the molecule is CCC1(CN(C)C)CCc2ccccc2C1.Cl. The zero-order valence-corrected chi connectivity index (χ0v) is 12.0. The van der Waals surface area contributed by atoms with Crippen LogP contribution in [-0.4, -0.2) is 25.5 Å². The Hall–Kier alpha value is -0.530. The minimum absolute atomic E-state index is 0. The standard InChI is InChI=1S/C15H23N.ClH/c1-4-15(12-16(2)3)10-9-13-7-5-6-8-14(13)11-15;/h5-8H,4,9-12H2,1-3H3;1H. The second-order valence-electron chi connectivity index (χ2n) is 5.54. The minimum atomic E-state index is 0. The van der Waals surface area contributed by atoms with E-state index in [2.05, 4.69) is 50.2 Å². The highest BCUT2D eigenvalue weighted by molar-refractivity contribution is 5.85. The van der Waals surface area contributed by atoms with Gasteiger partial charge in [-0.25, -0.2) is 0 Å². The summed E-state index contributed by atoms with van der Waals surface area (Å²) < 4.78 is 0. The van der Waals surface area contributed by atoms with E-state index in [0.717, 1.165) is 0 Å². The molecule has 1 aromatic carbocycles. The van der Waals surface area contributed by atoms with E-state index >= 15 is 0 Å². The zero-order chi connectivity index (χ0) is 11.6. The van der Waals surface area contributed by atoms with Crippen LogP contribution in [0.15, 0.2) is 24.3 Å². The van der Waals surface area contributed by atoms with Gasteiger partial charge in [0.15, 0.2) is 0 Å². The van der Waals surface area contributed by atoms with Crippen molar-refractivity contribution < 1.29 is 0 Å². The Labute approximate surface area is 112 Å². The number of benzene rings is 1. The molecule has 0 heterocycles. The van der Waals surface area contributed by atoms with Gasteiger partial charge in [0.2, 0.25) is 0 Å². The van der Waals surface area contributed by atoms with Crippen LogP contribution in [0.25, 0.3) is 0 Å². The van der Waals surface area contributed by atoms with Crippen molar-refractivity contribution in [3.63, 3.8) is 0 Å². The summed E-state index contributed by atoms with van der Waals surface area (Å²) in [5.74, 6) is 0. The molecule has 0 saturated carbocycles. The lowest BCUT2D eigenvalue weighted by atomic mass is 9.69. The molecule has 0 aliphatic heterocycles. The van der Waals surface area contributed by atoms with Gasteiger partial charge in [0.25, 0.3) is 0 Å². The third-order valence-electron chi connectivity index (χ3n) is 4.01. The van der Waals surface area contributed by atoms with Crippen molar-refractivity contribution in [2.75, 3.05) is 20.6 Å². The first-order chi connectivity index (χ1) is 7.65. The molecule has 0 spiro atoms. The van der Waals surface area contributed by atoms with Crippen molar-refractivity contribution >= 4 is 12.4 Å². The van der Waals surface area contributed by atoms with Crippen LogP contribution < -0.4 is 0 Å². The fourth-order valence-electron chi connectivity index (χ4n) is 3.09. The number of rotatable bonds is 3. The monoisotopic (exact) mass is 253 g/mol. The molecule has 0 saturated heterocycles. The van der Waals surface area contributed by atoms with Gasteiger partial charge in [0, 0.05) is 6.54 Å². The first-order valence-corrected chi connectivity index (χ1v) is 6.37. The Bertz CT molecular complexity index is 362. The highest BCUT2D eigenvalue weighted by atomic mass is 35.5. The van der Waals surface area contributed by atoms with Gasteiger partial charge in [0.05, 0.1) is 0 Å². The minimum Gasteiger partial charge on any atom is -0.309 e. The van der Waals surface area contributed by atoms with E-state index in [1.54, 1.807) is 11.1 Å². The Kier molecular flexibility index (Phi) is 5.03. The highest BCUT2D eigenvalue weighted by Gasteiger charge is 2.32. The van der Waals surface area contributed by atoms with Gasteiger partial charge < -0.3 is 4.90 Å². The summed E-state index contributed by atoms with van der Waals surface area (Å²) in [6, 6.07) is 8.96. The summed E-state index contributed by atoms with van der Waals surface area (Å²) in [6.07, 6.45) is 5.16. The van der Waals surface area contributed by atoms with Gasteiger partial charge in [-0.2, -0.15) is 0 Å². The second kappa shape index (κ2) is 5.88. The fraction of sp³-hybridized carbons (Fsp3) is 0.600. The van der Waals surface area contributed by atoms with Crippen LogP contribution in [0.1, 0.15) is 30.9 Å². The lowest BCUT2D eigenvalue weighted by Crippen LogP contribution is -2.38. The van der Waals surface area contributed by atoms with Gasteiger partial charge in [-0.15, -0.1) is 12.4 Å². The topological polar surface area (TPSA) is 3.24 Å². The number of hydrogen-bond acceptors (Lipinski definition) is 1. The number of aryl methyl sites for hydroxylation is 1. The molecular formula is C15H24ClN. The molecule has 2 rings (SSSR count). The molecule has 1 aliphatic carbocycles.